The van der Waals surface area contributed by atoms with Crippen molar-refractivity contribution in [3.05, 3.63) is 22.3 Å². The van der Waals surface area contributed by atoms with E-state index in [4.69, 9.17) is 0 Å². The second kappa shape index (κ2) is 7.41. The summed E-state index contributed by atoms with van der Waals surface area (Å²) in [5, 5.41) is 3.61. The molecule has 1 atom stereocenters. The maximum Gasteiger partial charge on any atom is 0.131 e. The van der Waals surface area contributed by atoms with E-state index in [0.717, 1.165) is 29.9 Å². The lowest BCUT2D eigenvalue weighted by molar-refractivity contribution is 0.420. The topological polar surface area (TPSA) is 28.2 Å². The number of halogens is 1. The second-order valence-corrected chi connectivity index (χ2v) is 7.10. The SMILES string of the molecule is Cc1cc(Br)cnc1N1CCCCC1CNCC(C)C. The Hall–Kier alpha value is -0.610. The summed E-state index contributed by atoms with van der Waals surface area (Å²) in [4.78, 5) is 7.14. The monoisotopic (exact) mass is 339 g/mol. The Morgan fingerprint density at radius 3 is 2.95 bits per heavy atom. The molecule has 1 aliphatic rings. The molecule has 0 bridgehead atoms. The first-order valence-electron chi connectivity index (χ1n) is 7.67. The summed E-state index contributed by atoms with van der Waals surface area (Å²) in [5.74, 6) is 1.86. The van der Waals surface area contributed by atoms with Crippen LogP contribution in [0.5, 0.6) is 0 Å². The number of piperidine rings is 1. The summed E-state index contributed by atoms with van der Waals surface area (Å²) in [6, 6.07) is 2.74. The second-order valence-electron chi connectivity index (χ2n) is 6.19. The van der Waals surface area contributed by atoms with Crippen molar-refractivity contribution in [3.8, 4) is 0 Å². The van der Waals surface area contributed by atoms with Gasteiger partial charge in [-0.25, -0.2) is 4.98 Å². The zero-order valence-corrected chi connectivity index (χ0v) is 14.4. The predicted molar refractivity (Wildman–Crippen MR) is 89.4 cm³/mol. The fourth-order valence-electron chi connectivity index (χ4n) is 2.86. The Bertz CT molecular complexity index is 434. The molecule has 20 heavy (non-hydrogen) atoms. The highest BCUT2D eigenvalue weighted by Crippen LogP contribution is 2.27. The van der Waals surface area contributed by atoms with E-state index in [-0.39, 0.29) is 0 Å². The molecule has 1 aromatic rings. The zero-order chi connectivity index (χ0) is 14.5. The molecule has 1 fully saturated rings. The first-order valence-corrected chi connectivity index (χ1v) is 8.46. The molecule has 2 rings (SSSR count). The highest BCUT2D eigenvalue weighted by molar-refractivity contribution is 9.10. The molecule has 1 N–H and O–H groups in total. The Morgan fingerprint density at radius 2 is 2.25 bits per heavy atom. The van der Waals surface area contributed by atoms with Crippen molar-refractivity contribution in [1.29, 1.82) is 0 Å². The standard InChI is InChI=1S/C16H26BrN3/c1-12(2)9-18-11-15-6-4-5-7-20(15)16-13(3)8-14(17)10-19-16/h8,10,12,15,18H,4-7,9,11H2,1-3H3. The molecule has 3 nitrogen and oxygen atoms in total. The molecular formula is C16H26BrN3. The maximum atomic E-state index is 4.65. The van der Waals surface area contributed by atoms with Crippen LogP contribution >= 0.6 is 15.9 Å². The number of rotatable bonds is 5. The van der Waals surface area contributed by atoms with Gasteiger partial charge in [-0.3, -0.25) is 0 Å². The minimum atomic E-state index is 0.579. The summed E-state index contributed by atoms with van der Waals surface area (Å²) < 4.78 is 1.06. The Kier molecular flexibility index (Phi) is 5.85. The van der Waals surface area contributed by atoms with Crippen molar-refractivity contribution in [1.82, 2.24) is 10.3 Å². The van der Waals surface area contributed by atoms with Crippen LogP contribution in [-0.2, 0) is 0 Å². The van der Waals surface area contributed by atoms with Gasteiger partial charge in [-0.15, -0.1) is 0 Å². The molecule has 1 saturated heterocycles. The lowest BCUT2D eigenvalue weighted by Crippen LogP contribution is -2.46. The highest BCUT2D eigenvalue weighted by Gasteiger charge is 2.24. The molecule has 112 valence electrons. The largest absolute Gasteiger partial charge is 0.352 e. The van der Waals surface area contributed by atoms with Gasteiger partial charge in [0.25, 0.3) is 0 Å². The van der Waals surface area contributed by atoms with Crippen molar-refractivity contribution in [2.75, 3.05) is 24.5 Å². The van der Waals surface area contributed by atoms with Gasteiger partial charge in [-0.2, -0.15) is 0 Å². The maximum absolute atomic E-state index is 4.65. The number of aromatic nitrogens is 1. The van der Waals surface area contributed by atoms with Crippen LogP contribution in [0.15, 0.2) is 16.7 Å². The quantitative estimate of drug-likeness (QED) is 0.885. The third-order valence-corrected chi connectivity index (χ3v) is 4.28. The normalized spacial score (nSPS) is 19.6. The smallest absolute Gasteiger partial charge is 0.131 e. The number of hydrogen-bond acceptors (Lipinski definition) is 3. The molecule has 0 spiro atoms. The van der Waals surface area contributed by atoms with Crippen molar-refractivity contribution in [2.45, 2.75) is 46.1 Å². The van der Waals surface area contributed by atoms with Gasteiger partial charge >= 0.3 is 0 Å². The number of aryl methyl sites for hydroxylation is 1. The van der Waals surface area contributed by atoms with Crippen LogP contribution in [0.3, 0.4) is 0 Å². The Labute approximate surface area is 131 Å². The lowest BCUT2D eigenvalue weighted by Gasteiger charge is -2.37. The van der Waals surface area contributed by atoms with Gasteiger partial charge in [-0.1, -0.05) is 13.8 Å². The van der Waals surface area contributed by atoms with E-state index in [1.807, 2.05) is 6.20 Å². The van der Waals surface area contributed by atoms with Crippen LogP contribution in [-0.4, -0.2) is 30.7 Å². The molecule has 0 saturated carbocycles. The van der Waals surface area contributed by atoms with Gasteiger partial charge in [0.05, 0.1) is 0 Å². The van der Waals surface area contributed by atoms with E-state index < -0.39 is 0 Å². The van der Waals surface area contributed by atoms with E-state index in [9.17, 15) is 0 Å². The molecule has 1 aromatic heterocycles. The third kappa shape index (κ3) is 4.19. The van der Waals surface area contributed by atoms with E-state index in [0.29, 0.717) is 12.0 Å². The molecule has 0 radical (unpaired) electrons. The third-order valence-electron chi connectivity index (χ3n) is 3.85. The summed E-state index contributed by atoms with van der Waals surface area (Å²) in [6.07, 6.45) is 5.79. The van der Waals surface area contributed by atoms with Gasteiger partial charge in [0, 0.05) is 29.8 Å². The minimum Gasteiger partial charge on any atom is -0.352 e. The zero-order valence-electron chi connectivity index (χ0n) is 12.8. The number of anilines is 1. The lowest BCUT2D eigenvalue weighted by atomic mass is 10.0. The molecule has 4 heteroatoms. The fraction of sp³-hybridized carbons (Fsp3) is 0.688. The predicted octanol–water partition coefficient (Wildman–Crippen LogP) is 3.76. The molecule has 0 aliphatic carbocycles. The molecule has 1 unspecified atom stereocenters. The summed E-state index contributed by atoms with van der Waals surface area (Å²) >= 11 is 3.50. The highest BCUT2D eigenvalue weighted by atomic mass is 79.9. The number of hydrogen-bond donors (Lipinski definition) is 1. The van der Waals surface area contributed by atoms with Gasteiger partial charge in [0.1, 0.15) is 5.82 Å². The molecule has 2 heterocycles. The van der Waals surface area contributed by atoms with Crippen LogP contribution < -0.4 is 10.2 Å². The van der Waals surface area contributed by atoms with E-state index in [1.54, 1.807) is 0 Å². The molecule has 0 aromatic carbocycles. The van der Waals surface area contributed by atoms with Gasteiger partial charge in [-0.05, 0) is 66.2 Å². The Morgan fingerprint density at radius 1 is 1.45 bits per heavy atom. The summed E-state index contributed by atoms with van der Waals surface area (Å²) in [5.41, 5.74) is 1.26. The van der Waals surface area contributed by atoms with E-state index in [1.165, 1.54) is 24.8 Å². The van der Waals surface area contributed by atoms with E-state index >= 15 is 0 Å². The first kappa shape index (κ1) is 15.8. The summed E-state index contributed by atoms with van der Waals surface area (Å²) in [6.45, 7) is 9.95. The number of pyridine rings is 1. The van der Waals surface area contributed by atoms with Crippen LogP contribution in [0.25, 0.3) is 0 Å². The molecule has 0 amide bonds. The number of nitrogens with zero attached hydrogens (tertiary/aromatic N) is 2. The van der Waals surface area contributed by atoms with Crippen molar-refractivity contribution in [2.24, 2.45) is 5.92 Å². The van der Waals surface area contributed by atoms with Crippen molar-refractivity contribution in [3.63, 3.8) is 0 Å². The van der Waals surface area contributed by atoms with E-state index in [2.05, 4.69) is 58.0 Å². The van der Waals surface area contributed by atoms with Crippen LogP contribution in [0.4, 0.5) is 5.82 Å². The van der Waals surface area contributed by atoms with Crippen LogP contribution in [0.1, 0.15) is 38.7 Å². The van der Waals surface area contributed by atoms with Gasteiger partial charge in [0.2, 0.25) is 0 Å². The van der Waals surface area contributed by atoms with Crippen LogP contribution in [0.2, 0.25) is 0 Å². The van der Waals surface area contributed by atoms with Crippen molar-refractivity contribution < 1.29 is 0 Å². The number of nitrogens with one attached hydrogen (secondary N) is 1. The van der Waals surface area contributed by atoms with Crippen molar-refractivity contribution >= 4 is 21.7 Å². The average Bonchev–Trinajstić information content (AvgIpc) is 2.39. The van der Waals surface area contributed by atoms with Gasteiger partial charge in [0.15, 0.2) is 0 Å². The fourth-order valence-corrected chi connectivity index (χ4v) is 3.31. The molecule has 1 aliphatic heterocycles. The minimum absolute atomic E-state index is 0.579. The summed E-state index contributed by atoms with van der Waals surface area (Å²) in [7, 11) is 0. The van der Waals surface area contributed by atoms with Crippen LogP contribution in [0, 0.1) is 12.8 Å². The Balaban J connectivity index is 2.06. The molecular weight excluding hydrogens is 314 g/mol. The average molecular weight is 340 g/mol. The first-order chi connectivity index (χ1) is 9.58. The van der Waals surface area contributed by atoms with Gasteiger partial charge < -0.3 is 10.2 Å².